The fourth-order valence-electron chi connectivity index (χ4n) is 4.49. The highest BCUT2D eigenvalue weighted by atomic mass is 32.2. The van der Waals surface area contributed by atoms with Crippen molar-refractivity contribution in [3.63, 3.8) is 0 Å². The van der Waals surface area contributed by atoms with Crippen LogP contribution < -0.4 is 15.2 Å². The van der Waals surface area contributed by atoms with Crippen molar-refractivity contribution < 1.29 is 26.7 Å². The lowest BCUT2D eigenvalue weighted by Gasteiger charge is -2.11. The number of hydrogen-bond donors (Lipinski definition) is 3. The largest absolute Gasteiger partial charge is 0.436 e. The third-order valence-corrected chi connectivity index (χ3v) is 7.97. The van der Waals surface area contributed by atoms with E-state index in [0.717, 1.165) is 6.07 Å². The van der Waals surface area contributed by atoms with Crippen LogP contribution in [-0.4, -0.2) is 38.9 Å². The predicted octanol–water partition coefficient (Wildman–Crippen LogP) is 5.01. The van der Waals surface area contributed by atoms with Crippen molar-refractivity contribution in [1.82, 2.24) is 24.7 Å². The quantitative estimate of drug-likeness (QED) is 0.196. The standard InChI is InChI=1S/C30H20F2N8O4S/c1-16-9-27(44-26-7-3-2-6-20(26)31)35-15-25(16)40-30(34)19(14-36-40)29(41)24-11-17-10-21(32)23(12-22(17)38-24)39-45(42,43)28-8-4-5-18(13-33)37-28/h2-12,14-15,38-39H,34H2,1H3. The first kappa shape index (κ1) is 29.0. The first-order valence-electron chi connectivity index (χ1n) is 13.0. The van der Waals surface area contributed by atoms with Gasteiger partial charge in [-0.1, -0.05) is 18.2 Å². The monoisotopic (exact) mass is 626 g/mol. The van der Waals surface area contributed by atoms with E-state index in [1.807, 2.05) is 0 Å². The van der Waals surface area contributed by atoms with Crippen molar-refractivity contribution in [2.75, 3.05) is 10.5 Å². The number of ether oxygens (including phenoxy) is 1. The van der Waals surface area contributed by atoms with Crippen molar-refractivity contribution in [2.24, 2.45) is 0 Å². The number of sulfonamides is 1. The molecule has 12 nitrogen and oxygen atoms in total. The van der Waals surface area contributed by atoms with Gasteiger partial charge in [-0.3, -0.25) is 9.52 Å². The average molecular weight is 627 g/mol. The van der Waals surface area contributed by atoms with Gasteiger partial charge in [0.25, 0.3) is 10.0 Å². The van der Waals surface area contributed by atoms with Crippen LogP contribution in [0.15, 0.2) is 84.1 Å². The molecule has 0 bridgehead atoms. The van der Waals surface area contributed by atoms with E-state index in [2.05, 4.69) is 24.8 Å². The summed E-state index contributed by atoms with van der Waals surface area (Å²) in [6.07, 6.45) is 2.69. The molecule has 0 aliphatic rings. The SMILES string of the molecule is Cc1cc(Oc2ccccc2F)ncc1-n1ncc(C(=O)c2cc3cc(F)c(NS(=O)(=O)c4cccc(C#N)n4)cc3[nH]2)c1N. The van der Waals surface area contributed by atoms with E-state index < -0.39 is 38.2 Å². The summed E-state index contributed by atoms with van der Waals surface area (Å²) in [6, 6.07) is 16.7. The second-order valence-electron chi connectivity index (χ2n) is 9.71. The molecule has 6 rings (SSSR count). The molecule has 0 atom stereocenters. The number of hydrogen-bond acceptors (Lipinski definition) is 9. The summed E-state index contributed by atoms with van der Waals surface area (Å²) >= 11 is 0. The zero-order valence-electron chi connectivity index (χ0n) is 23.1. The second kappa shape index (κ2) is 11.2. The Kier molecular flexibility index (Phi) is 7.19. The van der Waals surface area contributed by atoms with Gasteiger partial charge in [-0.25, -0.2) is 23.4 Å². The van der Waals surface area contributed by atoms with E-state index in [-0.39, 0.29) is 39.9 Å². The molecule has 0 saturated heterocycles. The Morgan fingerprint density at radius 2 is 1.87 bits per heavy atom. The van der Waals surface area contributed by atoms with E-state index in [1.165, 1.54) is 65.6 Å². The van der Waals surface area contributed by atoms with Gasteiger partial charge in [-0.2, -0.15) is 18.8 Å². The van der Waals surface area contributed by atoms with E-state index in [0.29, 0.717) is 16.6 Å². The Bertz CT molecular complexity index is 2290. The van der Waals surface area contributed by atoms with Crippen LogP contribution >= 0.6 is 0 Å². The third kappa shape index (κ3) is 5.53. The number of carbonyl (C=O) groups excluding carboxylic acids is 1. The van der Waals surface area contributed by atoms with Crippen LogP contribution in [0.5, 0.6) is 11.6 Å². The van der Waals surface area contributed by atoms with Gasteiger partial charge in [0.2, 0.25) is 11.7 Å². The Morgan fingerprint density at radius 1 is 1.07 bits per heavy atom. The Hall–Kier alpha value is -6.14. The van der Waals surface area contributed by atoms with Crippen LogP contribution in [0.3, 0.4) is 0 Å². The van der Waals surface area contributed by atoms with Crippen LogP contribution in [-0.2, 0) is 10.0 Å². The number of halogens is 2. The number of rotatable bonds is 8. The second-order valence-corrected chi connectivity index (χ2v) is 11.3. The van der Waals surface area contributed by atoms with Gasteiger partial charge in [0.05, 0.1) is 35.0 Å². The maximum absolute atomic E-state index is 14.9. The summed E-state index contributed by atoms with van der Waals surface area (Å²) in [5, 5.41) is 13.1. The molecule has 45 heavy (non-hydrogen) atoms. The number of aromatic nitrogens is 5. The van der Waals surface area contributed by atoms with Crippen LogP contribution in [0.1, 0.15) is 27.3 Å². The number of nitrogens with two attached hydrogens (primary N) is 1. The molecule has 4 aromatic heterocycles. The van der Waals surface area contributed by atoms with Gasteiger partial charge in [0.15, 0.2) is 16.6 Å². The van der Waals surface area contributed by atoms with Crippen molar-refractivity contribution >= 4 is 38.2 Å². The molecular formula is C30H20F2N8O4S. The molecule has 0 aliphatic heterocycles. The summed E-state index contributed by atoms with van der Waals surface area (Å²) in [6.45, 7) is 1.74. The fraction of sp³-hybridized carbons (Fsp3) is 0.0333. The van der Waals surface area contributed by atoms with Gasteiger partial charge >= 0.3 is 0 Å². The highest BCUT2D eigenvalue weighted by molar-refractivity contribution is 7.92. The minimum absolute atomic E-state index is 0.00180. The first-order chi connectivity index (χ1) is 21.5. The normalized spacial score (nSPS) is 11.3. The zero-order chi connectivity index (χ0) is 31.9. The summed E-state index contributed by atoms with van der Waals surface area (Å²) in [5.41, 5.74) is 7.19. The molecule has 15 heteroatoms. The number of para-hydroxylation sites is 1. The minimum Gasteiger partial charge on any atom is -0.436 e. The average Bonchev–Trinajstić information content (AvgIpc) is 3.61. The number of H-pyrrole nitrogens is 1. The molecule has 0 unspecified atom stereocenters. The number of nitrogens with zero attached hydrogens (tertiary/aromatic N) is 5. The molecule has 0 saturated carbocycles. The molecule has 0 aliphatic carbocycles. The molecule has 0 amide bonds. The summed E-state index contributed by atoms with van der Waals surface area (Å²) in [4.78, 5) is 24.2. The number of benzene rings is 2. The summed E-state index contributed by atoms with van der Waals surface area (Å²) in [7, 11) is -4.33. The number of anilines is 2. The zero-order valence-corrected chi connectivity index (χ0v) is 23.9. The van der Waals surface area contributed by atoms with Crippen molar-refractivity contribution in [2.45, 2.75) is 11.9 Å². The van der Waals surface area contributed by atoms with Crippen LogP contribution in [0.4, 0.5) is 20.3 Å². The topological polar surface area (TPSA) is 182 Å². The van der Waals surface area contributed by atoms with E-state index >= 15 is 0 Å². The van der Waals surface area contributed by atoms with E-state index in [9.17, 15) is 22.0 Å². The number of nitriles is 1. The molecule has 6 aromatic rings. The molecule has 4 N–H and O–H groups in total. The number of fused-ring (bicyclic) bond motifs is 1. The number of nitrogens with one attached hydrogen (secondary N) is 2. The number of carbonyl (C=O) groups is 1. The minimum atomic E-state index is -4.33. The predicted molar refractivity (Wildman–Crippen MR) is 158 cm³/mol. The lowest BCUT2D eigenvalue weighted by atomic mass is 10.1. The van der Waals surface area contributed by atoms with E-state index in [1.54, 1.807) is 25.1 Å². The third-order valence-electron chi connectivity index (χ3n) is 6.70. The fourth-order valence-corrected chi connectivity index (χ4v) is 5.51. The van der Waals surface area contributed by atoms with Gasteiger partial charge in [-0.05, 0) is 55.0 Å². The maximum Gasteiger partial charge on any atom is 0.279 e. The van der Waals surface area contributed by atoms with Gasteiger partial charge in [0, 0.05) is 17.0 Å². The molecular weight excluding hydrogens is 606 g/mol. The molecule has 0 spiro atoms. The van der Waals surface area contributed by atoms with Crippen molar-refractivity contribution in [3.8, 4) is 23.4 Å². The number of ketones is 1. The molecule has 0 radical (unpaired) electrons. The Morgan fingerprint density at radius 3 is 2.62 bits per heavy atom. The number of pyridine rings is 2. The highest BCUT2D eigenvalue weighted by Gasteiger charge is 2.23. The van der Waals surface area contributed by atoms with Crippen molar-refractivity contribution in [1.29, 1.82) is 5.26 Å². The van der Waals surface area contributed by atoms with Crippen molar-refractivity contribution in [3.05, 3.63) is 113 Å². The van der Waals surface area contributed by atoms with Gasteiger partial charge < -0.3 is 15.5 Å². The summed E-state index contributed by atoms with van der Waals surface area (Å²) < 4.78 is 63.5. The highest BCUT2D eigenvalue weighted by Crippen LogP contribution is 2.29. The van der Waals surface area contributed by atoms with Crippen LogP contribution in [0.25, 0.3) is 16.6 Å². The maximum atomic E-state index is 14.9. The summed E-state index contributed by atoms with van der Waals surface area (Å²) in [5.74, 6) is -1.86. The van der Waals surface area contributed by atoms with Crippen LogP contribution in [0.2, 0.25) is 0 Å². The lowest BCUT2D eigenvalue weighted by Crippen LogP contribution is -2.15. The lowest BCUT2D eigenvalue weighted by molar-refractivity contribution is 0.103. The first-order valence-corrected chi connectivity index (χ1v) is 14.5. The number of aryl methyl sites for hydroxylation is 1. The molecule has 224 valence electrons. The Balaban J connectivity index is 1.26. The van der Waals surface area contributed by atoms with Crippen LogP contribution in [0, 0.1) is 29.9 Å². The van der Waals surface area contributed by atoms with Gasteiger partial charge in [-0.15, -0.1) is 0 Å². The Labute approximate surface area is 253 Å². The van der Waals surface area contributed by atoms with E-state index in [4.69, 9.17) is 15.7 Å². The number of aromatic amines is 1. The number of nitrogen functional groups attached to an aromatic ring is 1. The van der Waals surface area contributed by atoms with Gasteiger partial charge in [0.1, 0.15) is 23.4 Å². The molecule has 4 heterocycles. The smallest absolute Gasteiger partial charge is 0.279 e. The molecule has 2 aromatic carbocycles. The molecule has 0 fully saturated rings.